The van der Waals surface area contributed by atoms with E-state index in [0.717, 1.165) is 12.8 Å². The molecular formula is C12H16O. The van der Waals surface area contributed by atoms with Gasteiger partial charge in [0.05, 0.1) is 0 Å². The molecule has 0 N–H and O–H groups in total. The number of fused-ring (bicyclic) bond motifs is 1. The van der Waals surface area contributed by atoms with Crippen molar-refractivity contribution in [3.05, 3.63) is 24.3 Å². The van der Waals surface area contributed by atoms with Gasteiger partial charge in [0, 0.05) is 5.92 Å². The van der Waals surface area contributed by atoms with Crippen molar-refractivity contribution in [1.29, 1.82) is 0 Å². The Morgan fingerprint density at radius 1 is 1.31 bits per heavy atom. The lowest BCUT2D eigenvalue weighted by atomic mass is 9.63. The molecule has 0 saturated heterocycles. The van der Waals surface area contributed by atoms with Crippen LogP contribution in [0, 0.1) is 17.3 Å². The Bertz CT molecular complexity index is 283. The van der Waals surface area contributed by atoms with Crippen molar-refractivity contribution in [2.24, 2.45) is 17.3 Å². The van der Waals surface area contributed by atoms with Gasteiger partial charge >= 0.3 is 0 Å². The first-order valence-corrected chi connectivity index (χ1v) is 4.99. The maximum atomic E-state index is 11.6. The molecule has 0 bridgehead atoms. The van der Waals surface area contributed by atoms with E-state index in [9.17, 15) is 4.79 Å². The topological polar surface area (TPSA) is 17.1 Å². The molecule has 0 radical (unpaired) electrons. The fraction of sp³-hybridized carbons (Fsp3) is 0.583. The molecule has 0 aromatic rings. The second-order valence-electron chi connectivity index (χ2n) is 4.71. The molecule has 0 heterocycles. The number of hydrogen-bond acceptors (Lipinski definition) is 1. The van der Waals surface area contributed by atoms with Crippen LogP contribution in [0.25, 0.3) is 0 Å². The maximum Gasteiger partial charge on any atom is 0.159 e. The van der Waals surface area contributed by atoms with E-state index in [2.05, 4.69) is 32.1 Å². The Labute approximate surface area is 79.5 Å². The highest BCUT2D eigenvalue weighted by Crippen LogP contribution is 2.43. The monoisotopic (exact) mass is 176 g/mol. The summed E-state index contributed by atoms with van der Waals surface area (Å²) in [4.78, 5) is 11.6. The smallest absolute Gasteiger partial charge is 0.159 e. The van der Waals surface area contributed by atoms with Crippen LogP contribution in [-0.4, -0.2) is 5.78 Å². The summed E-state index contributed by atoms with van der Waals surface area (Å²) in [6, 6.07) is 0. The minimum absolute atomic E-state index is 0.198. The summed E-state index contributed by atoms with van der Waals surface area (Å²) in [5, 5.41) is 0. The Morgan fingerprint density at radius 3 is 2.69 bits per heavy atom. The first-order chi connectivity index (χ1) is 6.11. The molecule has 0 amide bonds. The molecule has 70 valence electrons. The van der Waals surface area contributed by atoms with Gasteiger partial charge in [0.2, 0.25) is 0 Å². The largest absolute Gasteiger partial charge is 0.295 e. The molecule has 2 unspecified atom stereocenters. The predicted octanol–water partition coefficient (Wildman–Crippen LogP) is 2.73. The van der Waals surface area contributed by atoms with Gasteiger partial charge in [-0.1, -0.05) is 32.1 Å². The average molecular weight is 176 g/mol. The van der Waals surface area contributed by atoms with E-state index in [1.165, 1.54) is 0 Å². The van der Waals surface area contributed by atoms with Crippen LogP contribution in [-0.2, 0) is 4.79 Å². The summed E-state index contributed by atoms with van der Waals surface area (Å²) in [5.41, 5.74) is 0.198. The molecular weight excluding hydrogens is 160 g/mol. The molecule has 0 aromatic carbocycles. The van der Waals surface area contributed by atoms with Gasteiger partial charge in [0.1, 0.15) is 0 Å². The van der Waals surface area contributed by atoms with Crippen LogP contribution in [0.1, 0.15) is 26.7 Å². The molecule has 1 nitrogen and oxygen atoms in total. The predicted molar refractivity (Wildman–Crippen MR) is 53.3 cm³/mol. The van der Waals surface area contributed by atoms with Crippen molar-refractivity contribution in [2.45, 2.75) is 26.7 Å². The van der Waals surface area contributed by atoms with Gasteiger partial charge in [-0.25, -0.2) is 0 Å². The minimum Gasteiger partial charge on any atom is -0.295 e. The number of allylic oxidation sites excluding steroid dienone is 4. The minimum atomic E-state index is 0.198. The summed E-state index contributed by atoms with van der Waals surface area (Å²) in [5.74, 6) is 1.11. The van der Waals surface area contributed by atoms with E-state index in [1.54, 1.807) is 6.08 Å². The highest BCUT2D eigenvalue weighted by Gasteiger charge is 2.39. The third kappa shape index (κ3) is 1.37. The Kier molecular flexibility index (Phi) is 1.90. The SMILES string of the molecule is CC1(C)C=CC(=O)C2CC=CCC21. The van der Waals surface area contributed by atoms with Crippen LogP contribution in [0.4, 0.5) is 0 Å². The molecule has 1 heteroatoms. The maximum absolute atomic E-state index is 11.6. The third-order valence-electron chi connectivity index (χ3n) is 3.43. The third-order valence-corrected chi connectivity index (χ3v) is 3.43. The molecule has 2 aliphatic rings. The Morgan fingerprint density at radius 2 is 2.00 bits per heavy atom. The van der Waals surface area contributed by atoms with Crippen molar-refractivity contribution < 1.29 is 4.79 Å². The number of carbonyl (C=O) groups excluding carboxylic acids is 1. The second kappa shape index (κ2) is 2.83. The van der Waals surface area contributed by atoms with E-state index in [1.807, 2.05) is 0 Å². The van der Waals surface area contributed by atoms with E-state index < -0.39 is 0 Å². The molecule has 0 aromatic heterocycles. The van der Waals surface area contributed by atoms with Crippen LogP contribution in [0.3, 0.4) is 0 Å². The highest BCUT2D eigenvalue weighted by atomic mass is 16.1. The first-order valence-electron chi connectivity index (χ1n) is 4.99. The lowest BCUT2D eigenvalue weighted by molar-refractivity contribution is -0.122. The number of ketones is 1. The molecule has 0 spiro atoms. The summed E-state index contributed by atoms with van der Waals surface area (Å²) in [6.07, 6.45) is 10.2. The standard InChI is InChI=1S/C12H16O/c1-12(2)8-7-11(13)9-5-3-4-6-10(9)12/h3-4,7-10H,5-6H2,1-2H3. The van der Waals surface area contributed by atoms with Crippen molar-refractivity contribution >= 4 is 5.78 Å². The molecule has 0 fully saturated rings. The number of rotatable bonds is 0. The summed E-state index contributed by atoms with van der Waals surface area (Å²) in [6.45, 7) is 4.46. The van der Waals surface area contributed by atoms with E-state index in [0.29, 0.717) is 11.7 Å². The lowest BCUT2D eigenvalue weighted by Gasteiger charge is -2.40. The van der Waals surface area contributed by atoms with Gasteiger partial charge in [-0.3, -0.25) is 4.79 Å². The summed E-state index contributed by atoms with van der Waals surface area (Å²) in [7, 11) is 0. The van der Waals surface area contributed by atoms with Crippen LogP contribution in [0.2, 0.25) is 0 Å². The van der Waals surface area contributed by atoms with Gasteiger partial charge < -0.3 is 0 Å². The zero-order valence-corrected chi connectivity index (χ0v) is 8.29. The molecule has 13 heavy (non-hydrogen) atoms. The summed E-state index contributed by atoms with van der Waals surface area (Å²) >= 11 is 0. The molecule has 0 saturated carbocycles. The number of hydrogen-bond donors (Lipinski definition) is 0. The fourth-order valence-corrected chi connectivity index (χ4v) is 2.50. The van der Waals surface area contributed by atoms with Gasteiger partial charge in [-0.2, -0.15) is 0 Å². The van der Waals surface area contributed by atoms with Crippen LogP contribution >= 0.6 is 0 Å². The average Bonchev–Trinajstić information content (AvgIpc) is 2.13. The number of carbonyl (C=O) groups is 1. The molecule has 2 aliphatic carbocycles. The lowest BCUT2D eigenvalue weighted by Crippen LogP contribution is -2.37. The van der Waals surface area contributed by atoms with Gasteiger partial charge in [0.15, 0.2) is 5.78 Å². The van der Waals surface area contributed by atoms with Crippen LogP contribution in [0.5, 0.6) is 0 Å². The van der Waals surface area contributed by atoms with E-state index >= 15 is 0 Å². The fourth-order valence-electron chi connectivity index (χ4n) is 2.50. The first kappa shape index (κ1) is 8.74. The van der Waals surface area contributed by atoms with Crippen molar-refractivity contribution in [1.82, 2.24) is 0 Å². The zero-order valence-electron chi connectivity index (χ0n) is 8.29. The van der Waals surface area contributed by atoms with Crippen LogP contribution < -0.4 is 0 Å². The normalized spacial score (nSPS) is 36.0. The van der Waals surface area contributed by atoms with Gasteiger partial charge in [-0.15, -0.1) is 0 Å². The second-order valence-corrected chi connectivity index (χ2v) is 4.71. The zero-order chi connectivity index (χ0) is 9.47. The Balaban J connectivity index is 2.35. The van der Waals surface area contributed by atoms with Gasteiger partial charge in [-0.05, 0) is 30.3 Å². The van der Waals surface area contributed by atoms with Crippen molar-refractivity contribution in [3.8, 4) is 0 Å². The quantitative estimate of drug-likeness (QED) is 0.519. The van der Waals surface area contributed by atoms with Gasteiger partial charge in [0.25, 0.3) is 0 Å². The van der Waals surface area contributed by atoms with Crippen molar-refractivity contribution in [2.75, 3.05) is 0 Å². The Hall–Kier alpha value is -0.850. The highest BCUT2D eigenvalue weighted by molar-refractivity contribution is 5.93. The van der Waals surface area contributed by atoms with Crippen LogP contribution in [0.15, 0.2) is 24.3 Å². The molecule has 2 rings (SSSR count). The van der Waals surface area contributed by atoms with E-state index in [4.69, 9.17) is 0 Å². The molecule has 2 atom stereocenters. The molecule has 0 aliphatic heterocycles. The summed E-state index contributed by atoms with van der Waals surface area (Å²) < 4.78 is 0. The van der Waals surface area contributed by atoms with Crippen molar-refractivity contribution in [3.63, 3.8) is 0 Å². The van der Waals surface area contributed by atoms with E-state index in [-0.39, 0.29) is 11.3 Å².